The van der Waals surface area contributed by atoms with Crippen molar-refractivity contribution in [3.05, 3.63) is 48.0 Å². The second-order valence-corrected chi connectivity index (χ2v) is 4.51. The highest BCUT2D eigenvalue weighted by Crippen LogP contribution is 2.17. The van der Waals surface area contributed by atoms with Gasteiger partial charge in [-0.05, 0) is 50.5 Å². The zero-order chi connectivity index (χ0) is 15.5. The van der Waals surface area contributed by atoms with Crippen molar-refractivity contribution in [1.29, 1.82) is 0 Å². The minimum atomic E-state index is -0.106. The van der Waals surface area contributed by atoms with Crippen molar-refractivity contribution in [3.8, 4) is 0 Å². The summed E-state index contributed by atoms with van der Waals surface area (Å²) in [5.41, 5.74) is 1.07. The Kier molecular flexibility index (Phi) is 9.18. The van der Waals surface area contributed by atoms with Gasteiger partial charge >= 0.3 is 0 Å². The van der Waals surface area contributed by atoms with E-state index < -0.39 is 0 Å². The molecule has 3 nitrogen and oxygen atoms in total. The number of rotatable bonds is 5. The van der Waals surface area contributed by atoms with Crippen LogP contribution in [0.25, 0.3) is 0 Å². The molecule has 0 unspecified atom stereocenters. The van der Waals surface area contributed by atoms with Crippen molar-refractivity contribution < 1.29 is 9.53 Å². The van der Waals surface area contributed by atoms with Gasteiger partial charge in [0, 0.05) is 7.05 Å². The van der Waals surface area contributed by atoms with Crippen molar-refractivity contribution in [2.45, 2.75) is 40.5 Å². The lowest BCUT2D eigenvalue weighted by Crippen LogP contribution is -2.27. The Morgan fingerprint density at radius 3 is 2.50 bits per heavy atom. The van der Waals surface area contributed by atoms with Crippen molar-refractivity contribution in [1.82, 2.24) is 4.90 Å². The number of nitrogens with zero attached hydrogens (tertiary/aromatic N) is 1. The van der Waals surface area contributed by atoms with Crippen LogP contribution in [0.3, 0.4) is 0 Å². The van der Waals surface area contributed by atoms with Crippen molar-refractivity contribution in [2.75, 3.05) is 13.6 Å². The predicted molar refractivity (Wildman–Crippen MR) is 85.1 cm³/mol. The molecule has 0 saturated carbocycles. The van der Waals surface area contributed by atoms with Crippen LogP contribution in [0.2, 0.25) is 0 Å². The molecule has 20 heavy (non-hydrogen) atoms. The lowest BCUT2D eigenvalue weighted by Gasteiger charge is -2.20. The second kappa shape index (κ2) is 10.1. The quantitative estimate of drug-likeness (QED) is 0.556. The number of allylic oxidation sites excluding steroid dienone is 4. The first-order valence-corrected chi connectivity index (χ1v) is 7.13. The molecule has 0 saturated heterocycles. The summed E-state index contributed by atoms with van der Waals surface area (Å²) in [4.78, 5) is 13.0. The van der Waals surface area contributed by atoms with E-state index in [-0.39, 0.29) is 5.91 Å². The molecule has 0 radical (unpaired) electrons. The molecule has 1 amide bonds. The fourth-order valence-corrected chi connectivity index (χ4v) is 1.55. The molecule has 0 bridgehead atoms. The molecule has 1 aliphatic carbocycles. The highest BCUT2D eigenvalue weighted by Gasteiger charge is 2.11. The standard InChI is InChI=1S/C15H21NO2.C2H6/c1-5-15(17)16(4)11-14(12(2)3)18-13-9-7-6-8-10-13;1-2/h5,7,9-10H,1,6,8,11H2,2-4H3;1-2H3. The lowest BCUT2D eigenvalue weighted by atomic mass is 10.2. The van der Waals surface area contributed by atoms with Gasteiger partial charge in [-0.15, -0.1) is 0 Å². The lowest BCUT2D eigenvalue weighted by molar-refractivity contribution is -0.124. The first-order chi connectivity index (χ1) is 9.54. The summed E-state index contributed by atoms with van der Waals surface area (Å²) < 4.78 is 5.84. The first kappa shape index (κ1) is 18.2. The molecule has 0 atom stereocenters. The first-order valence-electron chi connectivity index (χ1n) is 7.13. The minimum Gasteiger partial charge on any atom is -0.460 e. The summed E-state index contributed by atoms with van der Waals surface area (Å²) in [5, 5.41) is 0. The van der Waals surface area contributed by atoms with E-state index in [1.54, 1.807) is 11.9 Å². The normalized spacial score (nSPS) is 12.6. The Hall–Kier alpha value is -1.77. The molecule has 3 heteroatoms. The van der Waals surface area contributed by atoms with Gasteiger partial charge in [0.25, 0.3) is 0 Å². The van der Waals surface area contributed by atoms with Crippen LogP contribution in [-0.2, 0) is 9.53 Å². The maximum atomic E-state index is 11.5. The van der Waals surface area contributed by atoms with Crippen LogP contribution in [0.15, 0.2) is 48.0 Å². The molecular weight excluding hydrogens is 250 g/mol. The summed E-state index contributed by atoms with van der Waals surface area (Å²) in [6.45, 7) is 11.9. The average Bonchev–Trinajstić information content (AvgIpc) is 2.48. The summed E-state index contributed by atoms with van der Waals surface area (Å²) >= 11 is 0. The third-order valence-corrected chi connectivity index (χ3v) is 2.69. The van der Waals surface area contributed by atoms with Crippen LogP contribution in [0, 0.1) is 0 Å². The number of hydrogen-bond donors (Lipinski definition) is 0. The van der Waals surface area contributed by atoms with Crippen LogP contribution in [-0.4, -0.2) is 24.4 Å². The Morgan fingerprint density at radius 1 is 1.40 bits per heavy atom. The number of carbonyl (C=O) groups is 1. The van der Waals surface area contributed by atoms with Gasteiger partial charge in [-0.3, -0.25) is 4.79 Å². The zero-order valence-corrected chi connectivity index (χ0v) is 13.4. The molecule has 0 aromatic carbocycles. The Morgan fingerprint density at radius 2 is 2.05 bits per heavy atom. The molecule has 0 heterocycles. The molecule has 0 N–H and O–H groups in total. The molecule has 0 aliphatic heterocycles. The summed E-state index contributed by atoms with van der Waals surface area (Å²) in [5.74, 6) is 1.56. The second-order valence-electron chi connectivity index (χ2n) is 4.51. The summed E-state index contributed by atoms with van der Waals surface area (Å²) in [6, 6.07) is 0. The highest BCUT2D eigenvalue weighted by atomic mass is 16.5. The molecule has 0 fully saturated rings. The van der Waals surface area contributed by atoms with Crippen LogP contribution in [0.5, 0.6) is 0 Å². The third kappa shape index (κ3) is 6.41. The van der Waals surface area contributed by atoms with E-state index in [1.165, 1.54) is 6.08 Å². The van der Waals surface area contributed by atoms with E-state index in [4.69, 9.17) is 4.74 Å². The van der Waals surface area contributed by atoms with E-state index in [0.29, 0.717) is 6.54 Å². The SMILES string of the molecule is C=CC(=O)N(C)CC(OC1=CCCC=C1)=C(C)C.CC. The fraction of sp³-hybridized carbons (Fsp3) is 0.471. The van der Waals surface area contributed by atoms with Gasteiger partial charge in [-0.25, -0.2) is 0 Å². The maximum absolute atomic E-state index is 11.5. The summed E-state index contributed by atoms with van der Waals surface area (Å²) in [7, 11) is 1.74. The van der Waals surface area contributed by atoms with E-state index >= 15 is 0 Å². The number of carbonyl (C=O) groups excluding carboxylic acids is 1. The topological polar surface area (TPSA) is 29.5 Å². The number of ether oxygens (including phenoxy) is 1. The maximum Gasteiger partial charge on any atom is 0.246 e. The molecule has 0 aromatic heterocycles. The molecule has 1 rings (SSSR count). The van der Waals surface area contributed by atoms with Crippen molar-refractivity contribution >= 4 is 5.91 Å². The minimum absolute atomic E-state index is 0.106. The third-order valence-electron chi connectivity index (χ3n) is 2.69. The number of likely N-dealkylation sites (N-methyl/N-ethyl adjacent to an activating group) is 1. The van der Waals surface area contributed by atoms with Crippen molar-refractivity contribution in [3.63, 3.8) is 0 Å². The Balaban J connectivity index is 0.00000172. The van der Waals surface area contributed by atoms with Gasteiger partial charge < -0.3 is 9.64 Å². The van der Waals surface area contributed by atoms with Gasteiger partial charge in [0.05, 0.1) is 6.54 Å². The largest absolute Gasteiger partial charge is 0.460 e. The van der Waals surface area contributed by atoms with Crippen molar-refractivity contribution in [2.24, 2.45) is 0 Å². The van der Waals surface area contributed by atoms with E-state index in [1.807, 2.05) is 33.8 Å². The monoisotopic (exact) mass is 277 g/mol. The van der Waals surface area contributed by atoms with E-state index in [2.05, 4.69) is 18.7 Å². The van der Waals surface area contributed by atoms with Crippen LogP contribution >= 0.6 is 0 Å². The van der Waals surface area contributed by atoms with Gasteiger partial charge in [0.1, 0.15) is 11.5 Å². The Bertz CT molecular complexity index is 413. The number of amides is 1. The van der Waals surface area contributed by atoms with E-state index in [9.17, 15) is 4.79 Å². The van der Waals surface area contributed by atoms with Gasteiger partial charge in [-0.2, -0.15) is 0 Å². The zero-order valence-electron chi connectivity index (χ0n) is 13.4. The van der Waals surface area contributed by atoms with E-state index in [0.717, 1.165) is 29.9 Å². The highest BCUT2D eigenvalue weighted by molar-refractivity contribution is 5.86. The van der Waals surface area contributed by atoms with Crippen LogP contribution in [0.4, 0.5) is 0 Å². The van der Waals surface area contributed by atoms with Crippen LogP contribution in [0.1, 0.15) is 40.5 Å². The molecular formula is C17H27NO2. The van der Waals surface area contributed by atoms with Crippen LogP contribution < -0.4 is 0 Å². The van der Waals surface area contributed by atoms with Gasteiger partial charge in [0.15, 0.2) is 0 Å². The fourth-order valence-electron chi connectivity index (χ4n) is 1.55. The van der Waals surface area contributed by atoms with Gasteiger partial charge in [-0.1, -0.05) is 26.5 Å². The van der Waals surface area contributed by atoms with Gasteiger partial charge in [0.2, 0.25) is 5.91 Å². The molecule has 112 valence electrons. The molecule has 0 aromatic rings. The molecule has 0 spiro atoms. The Labute approximate surface area is 123 Å². The molecule has 1 aliphatic rings. The number of hydrogen-bond acceptors (Lipinski definition) is 2. The average molecular weight is 277 g/mol. The predicted octanol–water partition coefficient (Wildman–Crippen LogP) is 4.20. The smallest absolute Gasteiger partial charge is 0.246 e. The summed E-state index contributed by atoms with van der Waals surface area (Å²) in [6.07, 6.45) is 9.51.